The Labute approximate surface area is 149 Å². The van der Waals surface area contributed by atoms with E-state index < -0.39 is 11.9 Å². The number of carboxylic acids is 2. The number of hydrogen-bond acceptors (Lipinski definition) is 6. The number of hydrogen-bond donors (Lipinski definition) is 3. The van der Waals surface area contributed by atoms with Crippen LogP contribution in [0.25, 0.3) is 0 Å². The molecule has 2 aromatic rings. The van der Waals surface area contributed by atoms with E-state index in [0.717, 1.165) is 24.5 Å². The maximum Gasteiger partial charge on any atom is 0.414 e. The molecule has 1 atom stereocenters. The first-order valence-corrected chi connectivity index (χ1v) is 8.30. The highest BCUT2D eigenvalue weighted by atomic mass is 32.1. The van der Waals surface area contributed by atoms with Crippen LogP contribution in [0.2, 0.25) is 0 Å². The van der Waals surface area contributed by atoms with Gasteiger partial charge in [0.25, 0.3) is 0 Å². The summed E-state index contributed by atoms with van der Waals surface area (Å²) in [6.45, 7) is 0.929. The van der Waals surface area contributed by atoms with E-state index in [0.29, 0.717) is 0 Å². The highest BCUT2D eigenvalue weighted by Gasteiger charge is 2.14. The number of ether oxygens (including phenoxy) is 2. The van der Waals surface area contributed by atoms with E-state index in [1.807, 2.05) is 31.3 Å². The van der Waals surface area contributed by atoms with Gasteiger partial charge in [-0.25, -0.2) is 9.59 Å². The highest BCUT2D eigenvalue weighted by molar-refractivity contribution is 7.10. The summed E-state index contributed by atoms with van der Waals surface area (Å²) in [6.07, 6.45) is 1.05. The van der Waals surface area contributed by atoms with Crippen LogP contribution in [0.1, 0.15) is 17.4 Å². The lowest BCUT2D eigenvalue weighted by Gasteiger charge is -2.18. The molecular weight excluding hydrogens is 346 g/mol. The maximum absolute atomic E-state index is 9.10. The van der Waals surface area contributed by atoms with Gasteiger partial charge in [0.2, 0.25) is 0 Å². The topological polar surface area (TPSA) is 105 Å². The molecule has 8 heteroatoms. The summed E-state index contributed by atoms with van der Waals surface area (Å²) in [6, 6.07) is 11.9. The molecule has 1 aromatic heterocycles. The molecule has 7 nitrogen and oxygen atoms in total. The fourth-order valence-electron chi connectivity index (χ4n) is 1.83. The van der Waals surface area contributed by atoms with Gasteiger partial charge >= 0.3 is 11.9 Å². The molecule has 0 aliphatic heterocycles. The van der Waals surface area contributed by atoms with E-state index in [9.17, 15) is 0 Å². The Balaban J connectivity index is 0.000000450. The molecule has 0 aliphatic carbocycles. The molecule has 0 fully saturated rings. The quantitative estimate of drug-likeness (QED) is 0.646. The Hall–Kier alpha value is -2.58. The third-order valence-corrected chi connectivity index (χ3v) is 4.00. The molecule has 1 aromatic carbocycles. The van der Waals surface area contributed by atoms with Crippen molar-refractivity contribution in [2.75, 3.05) is 20.7 Å². The Morgan fingerprint density at radius 1 is 1.12 bits per heavy atom. The lowest BCUT2D eigenvalue weighted by molar-refractivity contribution is -0.159. The summed E-state index contributed by atoms with van der Waals surface area (Å²) in [5.74, 6) is -1.93. The maximum atomic E-state index is 9.10. The van der Waals surface area contributed by atoms with E-state index in [4.69, 9.17) is 29.3 Å². The predicted octanol–water partition coefficient (Wildman–Crippen LogP) is 2.64. The number of benzene rings is 1. The highest BCUT2D eigenvalue weighted by Crippen LogP contribution is 2.28. The molecule has 0 saturated heterocycles. The van der Waals surface area contributed by atoms with Crippen LogP contribution in [-0.4, -0.2) is 42.9 Å². The van der Waals surface area contributed by atoms with Crippen molar-refractivity contribution in [1.82, 2.24) is 5.32 Å². The van der Waals surface area contributed by atoms with Gasteiger partial charge in [-0.05, 0) is 49.3 Å². The van der Waals surface area contributed by atoms with E-state index in [2.05, 4.69) is 22.8 Å². The minimum atomic E-state index is -1.82. The summed E-state index contributed by atoms with van der Waals surface area (Å²) >= 11 is 1.73. The van der Waals surface area contributed by atoms with Gasteiger partial charge in [-0.2, -0.15) is 0 Å². The standard InChI is InChI=1S/C15H19NO2S.C2H2O4/c1-16-10-9-14(15-4-3-11-19-15)18-13-7-5-12(17-2)6-8-13;3-1(4)2(5)6/h3-8,11,14,16H,9-10H2,1-2H3;(H,3,4)(H,5,6). The normalized spacial score (nSPS) is 11.0. The van der Waals surface area contributed by atoms with Crippen molar-refractivity contribution < 1.29 is 29.3 Å². The minimum absolute atomic E-state index is 0.0980. The first-order valence-electron chi connectivity index (χ1n) is 7.42. The molecule has 1 heterocycles. The first-order chi connectivity index (χ1) is 12.0. The van der Waals surface area contributed by atoms with Crippen LogP contribution < -0.4 is 14.8 Å². The second-order valence-corrected chi connectivity index (χ2v) is 5.78. The lowest BCUT2D eigenvalue weighted by atomic mass is 10.2. The number of thiophene rings is 1. The second-order valence-electron chi connectivity index (χ2n) is 4.80. The molecule has 136 valence electrons. The van der Waals surface area contributed by atoms with Crippen molar-refractivity contribution in [2.45, 2.75) is 12.5 Å². The van der Waals surface area contributed by atoms with Crippen LogP contribution in [0, 0.1) is 0 Å². The smallest absolute Gasteiger partial charge is 0.414 e. The minimum Gasteiger partial charge on any atom is -0.497 e. The molecule has 25 heavy (non-hydrogen) atoms. The molecule has 0 spiro atoms. The molecule has 1 unspecified atom stereocenters. The molecule has 0 aliphatic rings. The zero-order valence-electron chi connectivity index (χ0n) is 14.0. The van der Waals surface area contributed by atoms with Gasteiger partial charge in [0.15, 0.2) is 0 Å². The molecule has 0 saturated carbocycles. The van der Waals surface area contributed by atoms with Crippen LogP contribution in [0.5, 0.6) is 11.5 Å². The van der Waals surface area contributed by atoms with Gasteiger partial charge in [-0.3, -0.25) is 0 Å². The third-order valence-electron chi connectivity index (χ3n) is 3.04. The largest absolute Gasteiger partial charge is 0.497 e. The fourth-order valence-corrected chi connectivity index (χ4v) is 2.62. The van der Waals surface area contributed by atoms with Gasteiger partial charge in [-0.15, -0.1) is 11.3 Å². The first kappa shape index (κ1) is 20.5. The number of methoxy groups -OCH3 is 1. The van der Waals surface area contributed by atoms with Crippen LogP contribution in [-0.2, 0) is 9.59 Å². The van der Waals surface area contributed by atoms with Crippen molar-refractivity contribution in [3.63, 3.8) is 0 Å². The Morgan fingerprint density at radius 2 is 1.72 bits per heavy atom. The summed E-state index contributed by atoms with van der Waals surface area (Å²) in [5.41, 5.74) is 0. The van der Waals surface area contributed by atoms with Crippen molar-refractivity contribution >= 4 is 23.3 Å². The van der Waals surface area contributed by atoms with Crippen LogP contribution in [0.15, 0.2) is 41.8 Å². The molecular formula is C17H21NO6S. The lowest BCUT2D eigenvalue weighted by Crippen LogP contribution is -2.15. The SMILES string of the molecule is CNCCC(Oc1ccc(OC)cc1)c1cccs1.O=C(O)C(=O)O. The van der Waals surface area contributed by atoms with Gasteiger partial charge in [-0.1, -0.05) is 6.07 Å². The van der Waals surface area contributed by atoms with E-state index >= 15 is 0 Å². The van der Waals surface area contributed by atoms with E-state index in [1.165, 1.54) is 4.88 Å². The van der Waals surface area contributed by atoms with Crippen LogP contribution in [0.3, 0.4) is 0 Å². The Bertz CT molecular complexity index is 630. The Morgan fingerprint density at radius 3 is 2.16 bits per heavy atom. The van der Waals surface area contributed by atoms with Crippen LogP contribution in [0.4, 0.5) is 0 Å². The Kier molecular flexibility index (Phi) is 9.05. The van der Waals surface area contributed by atoms with Crippen molar-refractivity contribution in [2.24, 2.45) is 0 Å². The average molecular weight is 367 g/mol. The summed E-state index contributed by atoms with van der Waals surface area (Å²) in [7, 11) is 3.62. The zero-order valence-corrected chi connectivity index (χ0v) is 14.8. The van der Waals surface area contributed by atoms with Gasteiger partial charge < -0.3 is 25.0 Å². The summed E-state index contributed by atoms with van der Waals surface area (Å²) in [5, 5.41) is 20.0. The molecule has 2 rings (SSSR count). The summed E-state index contributed by atoms with van der Waals surface area (Å²) < 4.78 is 11.2. The van der Waals surface area contributed by atoms with Gasteiger partial charge in [0, 0.05) is 11.3 Å². The van der Waals surface area contributed by atoms with Gasteiger partial charge in [0.1, 0.15) is 17.6 Å². The molecule has 0 radical (unpaired) electrons. The zero-order chi connectivity index (χ0) is 18.7. The monoisotopic (exact) mass is 367 g/mol. The second kappa shape index (κ2) is 11.1. The van der Waals surface area contributed by atoms with Crippen molar-refractivity contribution in [3.8, 4) is 11.5 Å². The average Bonchev–Trinajstić information content (AvgIpc) is 3.14. The molecule has 3 N–H and O–H groups in total. The number of rotatable bonds is 7. The van der Waals surface area contributed by atoms with Crippen molar-refractivity contribution in [3.05, 3.63) is 46.7 Å². The number of aliphatic carboxylic acids is 2. The predicted molar refractivity (Wildman–Crippen MR) is 94.5 cm³/mol. The number of nitrogens with one attached hydrogen (secondary N) is 1. The number of carboxylic acid groups (broad SMARTS) is 2. The van der Waals surface area contributed by atoms with Crippen LogP contribution >= 0.6 is 11.3 Å². The van der Waals surface area contributed by atoms with Crippen molar-refractivity contribution in [1.29, 1.82) is 0 Å². The van der Waals surface area contributed by atoms with E-state index in [-0.39, 0.29) is 6.10 Å². The molecule has 0 bridgehead atoms. The third kappa shape index (κ3) is 7.69. The number of carbonyl (C=O) groups is 2. The van der Waals surface area contributed by atoms with Gasteiger partial charge in [0.05, 0.1) is 7.11 Å². The molecule has 0 amide bonds. The van der Waals surface area contributed by atoms with E-state index in [1.54, 1.807) is 18.4 Å². The summed E-state index contributed by atoms with van der Waals surface area (Å²) in [4.78, 5) is 19.5. The fraction of sp³-hybridized carbons (Fsp3) is 0.294.